The van der Waals surface area contributed by atoms with E-state index in [1.807, 2.05) is 4.72 Å². The van der Waals surface area contributed by atoms with Crippen LogP contribution >= 0.6 is 0 Å². The van der Waals surface area contributed by atoms with Crippen LogP contribution in [0.3, 0.4) is 0 Å². The van der Waals surface area contributed by atoms with Crippen molar-refractivity contribution in [3.8, 4) is 0 Å². The van der Waals surface area contributed by atoms with Crippen molar-refractivity contribution in [3.05, 3.63) is 12.7 Å². The van der Waals surface area contributed by atoms with Gasteiger partial charge in [-0.05, 0) is 6.42 Å². The molecule has 1 amide bonds. The number of rotatable bonds is 4. The van der Waals surface area contributed by atoms with Crippen LogP contribution in [0, 0.1) is 0 Å². The van der Waals surface area contributed by atoms with E-state index < -0.39 is 15.9 Å². The first-order chi connectivity index (χ1) is 4.95. The number of nitrogens with one attached hydrogen (secondary N) is 1. The van der Waals surface area contributed by atoms with E-state index in [4.69, 9.17) is 0 Å². The number of carbonyl (C=O) groups is 1. The molecule has 0 aliphatic carbocycles. The van der Waals surface area contributed by atoms with E-state index in [9.17, 15) is 13.2 Å². The predicted molar refractivity (Wildman–Crippen MR) is 42.4 cm³/mol. The van der Waals surface area contributed by atoms with Gasteiger partial charge < -0.3 is 0 Å². The van der Waals surface area contributed by atoms with E-state index in [-0.39, 0.29) is 6.42 Å². The highest BCUT2D eigenvalue weighted by atomic mass is 32.2. The summed E-state index contributed by atoms with van der Waals surface area (Å²) in [7, 11) is -3.39. The van der Waals surface area contributed by atoms with Crippen LogP contribution in [0.2, 0.25) is 0 Å². The van der Waals surface area contributed by atoms with Crippen LogP contribution in [0.15, 0.2) is 12.7 Å². The molecule has 0 saturated carbocycles. The second-order valence-electron chi connectivity index (χ2n) is 2.12. The Labute approximate surface area is 66.3 Å². The Balaban J connectivity index is 3.80. The maximum Gasteiger partial charge on any atom is 0.233 e. The molecule has 64 valence electrons. The third-order valence-corrected chi connectivity index (χ3v) is 1.47. The summed E-state index contributed by atoms with van der Waals surface area (Å²) in [5.41, 5.74) is 0. The first-order valence-corrected chi connectivity index (χ1v) is 4.96. The minimum atomic E-state index is -3.39. The van der Waals surface area contributed by atoms with Crippen LogP contribution in [0.1, 0.15) is 12.8 Å². The lowest BCUT2D eigenvalue weighted by atomic mass is 10.3. The highest BCUT2D eigenvalue weighted by Crippen LogP contribution is 1.89. The molecule has 4 nitrogen and oxygen atoms in total. The van der Waals surface area contributed by atoms with Crippen molar-refractivity contribution in [1.82, 2.24) is 4.72 Å². The van der Waals surface area contributed by atoms with Gasteiger partial charge in [0.15, 0.2) is 0 Å². The van der Waals surface area contributed by atoms with Crippen LogP contribution in [0.25, 0.3) is 0 Å². The number of hydrogen-bond acceptors (Lipinski definition) is 3. The normalized spacial score (nSPS) is 10.6. The lowest BCUT2D eigenvalue weighted by molar-refractivity contribution is -0.119. The second-order valence-corrected chi connectivity index (χ2v) is 3.87. The van der Waals surface area contributed by atoms with Crippen molar-refractivity contribution in [2.24, 2.45) is 0 Å². The van der Waals surface area contributed by atoms with Crippen LogP contribution in [-0.4, -0.2) is 20.6 Å². The maximum atomic E-state index is 10.7. The lowest BCUT2D eigenvalue weighted by Crippen LogP contribution is -2.28. The Bertz CT molecular complexity index is 243. The van der Waals surface area contributed by atoms with Gasteiger partial charge in [0, 0.05) is 6.42 Å². The van der Waals surface area contributed by atoms with Gasteiger partial charge in [-0.1, -0.05) is 6.08 Å². The van der Waals surface area contributed by atoms with E-state index in [0.29, 0.717) is 6.42 Å². The van der Waals surface area contributed by atoms with Crippen molar-refractivity contribution in [2.45, 2.75) is 12.8 Å². The third-order valence-electron chi connectivity index (χ3n) is 0.875. The Morgan fingerprint density at radius 2 is 2.18 bits per heavy atom. The molecule has 0 aliphatic rings. The Hall–Kier alpha value is -0.840. The summed E-state index contributed by atoms with van der Waals surface area (Å²) in [4.78, 5) is 10.7. The summed E-state index contributed by atoms with van der Waals surface area (Å²) in [5, 5.41) is 0. The van der Waals surface area contributed by atoms with Crippen molar-refractivity contribution < 1.29 is 13.2 Å². The van der Waals surface area contributed by atoms with Crippen LogP contribution < -0.4 is 4.72 Å². The zero-order chi connectivity index (χ0) is 8.91. The molecule has 0 atom stereocenters. The van der Waals surface area contributed by atoms with Gasteiger partial charge in [-0.3, -0.25) is 9.52 Å². The molecule has 0 unspecified atom stereocenters. The molecule has 1 N–H and O–H groups in total. The Morgan fingerprint density at radius 1 is 1.64 bits per heavy atom. The topological polar surface area (TPSA) is 63.2 Å². The predicted octanol–water partition coefficient (Wildman–Crippen LogP) is 0.0284. The number of allylic oxidation sites excluding steroid dienone is 1. The fourth-order valence-electron chi connectivity index (χ4n) is 0.491. The van der Waals surface area contributed by atoms with Gasteiger partial charge in [0.1, 0.15) is 0 Å². The number of sulfonamides is 1. The largest absolute Gasteiger partial charge is 0.274 e. The molecule has 0 aliphatic heterocycles. The number of hydrogen-bond donors (Lipinski definition) is 1. The molecule has 0 radical (unpaired) electrons. The fourth-order valence-corrected chi connectivity index (χ4v) is 1.01. The quantitative estimate of drug-likeness (QED) is 0.616. The Morgan fingerprint density at radius 3 is 2.55 bits per heavy atom. The van der Waals surface area contributed by atoms with Gasteiger partial charge >= 0.3 is 0 Å². The maximum absolute atomic E-state index is 10.7. The minimum absolute atomic E-state index is 0.163. The second kappa shape index (κ2) is 4.12. The molecular weight excluding hydrogens is 166 g/mol. The van der Waals surface area contributed by atoms with Gasteiger partial charge in [-0.25, -0.2) is 8.42 Å². The molecule has 0 aromatic heterocycles. The summed E-state index contributed by atoms with van der Waals surface area (Å²) in [6.07, 6.45) is 3.15. The zero-order valence-corrected chi connectivity index (χ0v) is 7.15. The Kier molecular flexibility index (Phi) is 3.81. The zero-order valence-electron chi connectivity index (χ0n) is 6.33. The van der Waals surface area contributed by atoms with Crippen LogP contribution in [0.4, 0.5) is 0 Å². The summed E-state index contributed by atoms with van der Waals surface area (Å²) >= 11 is 0. The summed E-state index contributed by atoms with van der Waals surface area (Å²) in [5.74, 6) is -0.493. The molecule has 0 aromatic rings. The molecule has 11 heavy (non-hydrogen) atoms. The van der Waals surface area contributed by atoms with Crippen molar-refractivity contribution >= 4 is 15.9 Å². The molecule has 0 heterocycles. The first kappa shape index (κ1) is 10.2. The molecule has 0 fully saturated rings. The summed E-state index contributed by atoms with van der Waals surface area (Å²) < 4.78 is 22.7. The van der Waals surface area contributed by atoms with Gasteiger partial charge in [0.2, 0.25) is 15.9 Å². The van der Waals surface area contributed by atoms with Gasteiger partial charge in [0.25, 0.3) is 0 Å². The first-order valence-electron chi connectivity index (χ1n) is 3.07. The SMILES string of the molecule is C=CCCC(=O)NS(C)(=O)=O. The number of carbonyl (C=O) groups excluding carboxylic acids is 1. The van der Waals surface area contributed by atoms with Gasteiger partial charge in [-0.2, -0.15) is 0 Å². The highest BCUT2D eigenvalue weighted by molar-refractivity contribution is 7.89. The van der Waals surface area contributed by atoms with Crippen LogP contribution in [-0.2, 0) is 14.8 Å². The van der Waals surface area contributed by atoms with Crippen LogP contribution in [0.5, 0.6) is 0 Å². The van der Waals surface area contributed by atoms with Crippen molar-refractivity contribution in [1.29, 1.82) is 0 Å². The highest BCUT2D eigenvalue weighted by Gasteiger charge is 2.05. The molecule has 0 aromatic carbocycles. The van der Waals surface area contributed by atoms with Crippen molar-refractivity contribution in [3.63, 3.8) is 0 Å². The van der Waals surface area contributed by atoms with E-state index in [2.05, 4.69) is 6.58 Å². The molecule has 5 heteroatoms. The molecule has 0 spiro atoms. The monoisotopic (exact) mass is 177 g/mol. The van der Waals surface area contributed by atoms with E-state index in [1.54, 1.807) is 6.08 Å². The summed E-state index contributed by atoms with van der Waals surface area (Å²) in [6.45, 7) is 3.40. The van der Waals surface area contributed by atoms with Gasteiger partial charge in [-0.15, -0.1) is 6.58 Å². The van der Waals surface area contributed by atoms with Crippen molar-refractivity contribution in [2.75, 3.05) is 6.26 Å². The molecule has 0 rings (SSSR count). The molecule has 0 saturated heterocycles. The summed E-state index contributed by atoms with van der Waals surface area (Å²) in [6, 6.07) is 0. The molecular formula is C6H11NO3S. The van der Waals surface area contributed by atoms with E-state index in [1.165, 1.54) is 0 Å². The number of amides is 1. The average Bonchev–Trinajstić information content (AvgIpc) is 1.79. The smallest absolute Gasteiger partial charge is 0.233 e. The average molecular weight is 177 g/mol. The third kappa shape index (κ3) is 7.05. The standard InChI is InChI=1S/C6H11NO3S/c1-3-4-5-6(8)7-11(2,9)10/h3H,1,4-5H2,2H3,(H,7,8). The molecule has 0 bridgehead atoms. The van der Waals surface area contributed by atoms with E-state index >= 15 is 0 Å². The minimum Gasteiger partial charge on any atom is -0.274 e. The lowest BCUT2D eigenvalue weighted by Gasteiger charge is -1.98. The fraction of sp³-hybridized carbons (Fsp3) is 0.500. The van der Waals surface area contributed by atoms with E-state index in [0.717, 1.165) is 6.26 Å². The van der Waals surface area contributed by atoms with Gasteiger partial charge in [0.05, 0.1) is 6.26 Å².